The number of carbonyl (C=O) groups is 1. The molecule has 0 unspecified atom stereocenters. The summed E-state index contributed by atoms with van der Waals surface area (Å²) < 4.78 is 5.55. The number of aromatic nitrogens is 2. The van der Waals surface area contributed by atoms with Crippen molar-refractivity contribution in [2.75, 3.05) is 50.6 Å². The number of aliphatic hydroxyl groups is 1. The molecule has 0 bridgehead atoms. The molecule has 5 rings (SSSR count). The van der Waals surface area contributed by atoms with Crippen molar-refractivity contribution >= 4 is 23.2 Å². The van der Waals surface area contributed by atoms with Crippen molar-refractivity contribution in [3.8, 4) is 11.1 Å². The molecular formula is C24H25N5O3. The van der Waals surface area contributed by atoms with Gasteiger partial charge in [0.25, 0.3) is 5.91 Å². The predicted octanol–water partition coefficient (Wildman–Crippen LogP) is 2.21. The molecule has 8 heteroatoms. The van der Waals surface area contributed by atoms with E-state index in [4.69, 9.17) is 15.6 Å². The van der Waals surface area contributed by atoms with E-state index in [1.165, 1.54) is 4.90 Å². The summed E-state index contributed by atoms with van der Waals surface area (Å²) in [4.78, 5) is 25.6. The molecule has 2 aliphatic rings. The van der Waals surface area contributed by atoms with Crippen molar-refractivity contribution in [2.24, 2.45) is 0 Å². The number of carbonyl (C=O) groups excluding carboxylic acids is 1. The maximum absolute atomic E-state index is 12.8. The van der Waals surface area contributed by atoms with Gasteiger partial charge in [-0.3, -0.25) is 4.79 Å². The molecule has 1 saturated heterocycles. The molecule has 1 fully saturated rings. The van der Waals surface area contributed by atoms with Gasteiger partial charge in [0.1, 0.15) is 0 Å². The molecule has 8 nitrogen and oxygen atoms in total. The van der Waals surface area contributed by atoms with Gasteiger partial charge >= 0.3 is 0 Å². The molecular weight excluding hydrogens is 406 g/mol. The number of nitrogen functional groups attached to an aromatic ring is 1. The number of hydrogen-bond acceptors (Lipinski definition) is 7. The summed E-state index contributed by atoms with van der Waals surface area (Å²) in [5.74, 6) is 0.446. The molecule has 0 aliphatic carbocycles. The quantitative estimate of drug-likeness (QED) is 0.597. The van der Waals surface area contributed by atoms with Gasteiger partial charge in [0, 0.05) is 55.0 Å². The van der Waals surface area contributed by atoms with Crippen LogP contribution in [0.25, 0.3) is 11.1 Å². The summed E-state index contributed by atoms with van der Waals surface area (Å²) in [7, 11) is 1.68. The summed E-state index contributed by atoms with van der Waals surface area (Å²) in [5, 5.41) is 9.17. The van der Waals surface area contributed by atoms with Gasteiger partial charge in [0.2, 0.25) is 5.95 Å². The van der Waals surface area contributed by atoms with E-state index in [1.807, 2.05) is 42.5 Å². The zero-order valence-corrected chi connectivity index (χ0v) is 17.9. The molecule has 1 aromatic heterocycles. The number of ether oxygens (including phenoxy) is 1. The Labute approximate surface area is 186 Å². The zero-order valence-electron chi connectivity index (χ0n) is 17.9. The van der Waals surface area contributed by atoms with Gasteiger partial charge in [-0.2, -0.15) is 0 Å². The molecule has 3 aromatic rings. The smallest absolute Gasteiger partial charge is 0.253 e. The van der Waals surface area contributed by atoms with E-state index in [2.05, 4.69) is 14.9 Å². The zero-order chi connectivity index (χ0) is 22.3. The van der Waals surface area contributed by atoms with Crippen molar-refractivity contribution in [3.63, 3.8) is 0 Å². The SMILES string of the molecule is CN(CCO)C(=O)c1ccc2c(c1)N(c1ncc(-c3cccc(N)c3)cn1)CC21COC1. The number of nitrogens with zero attached hydrogens (tertiary/aromatic N) is 4. The first-order valence-electron chi connectivity index (χ1n) is 10.5. The molecule has 0 radical (unpaired) electrons. The molecule has 1 spiro atoms. The minimum Gasteiger partial charge on any atom is -0.399 e. The molecule has 1 amide bonds. The van der Waals surface area contributed by atoms with Gasteiger partial charge in [-0.25, -0.2) is 9.97 Å². The van der Waals surface area contributed by atoms with Crippen LogP contribution in [0.5, 0.6) is 0 Å². The highest BCUT2D eigenvalue weighted by atomic mass is 16.5. The Morgan fingerprint density at radius 1 is 1.19 bits per heavy atom. The van der Waals surface area contributed by atoms with Crippen LogP contribution in [0.3, 0.4) is 0 Å². The Bertz CT molecular complexity index is 1160. The van der Waals surface area contributed by atoms with E-state index < -0.39 is 0 Å². The van der Waals surface area contributed by atoms with Gasteiger partial charge in [0.15, 0.2) is 0 Å². The second-order valence-corrected chi connectivity index (χ2v) is 8.44. The van der Waals surface area contributed by atoms with Crippen molar-refractivity contribution < 1.29 is 14.6 Å². The standard InChI is InChI=1S/C24H25N5O3/c1-28(7-8-30)22(31)17-5-6-20-21(10-17)29(13-24(20)14-32-15-24)23-26-11-18(12-27-23)16-3-2-4-19(25)9-16/h2-6,9-12,30H,7-8,13-15,25H2,1H3. The second-order valence-electron chi connectivity index (χ2n) is 8.44. The lowest BCUT2D eigenvalue weighted by atomic mass is 9.80. The molecule has 3 N–H and O–H groups in total. The summed E-state index contributed by atoms with van der Waals surface area (Å²) >= 11 is 0. The number of hydrogen-bond donors (Lipinski definition) is 2. The topological polar surface area (TPSA) is 105 Å². The number of nitrogens with two attached hydrogens (primary N) is 1. The van der Waals surface area contributed by atoms with E-state index in [1.54, 1.807) is 19.4 Å². The number of likely N-dealkylation sites (N-methyl/N-ethyl adjacent to an activating group) is 1. The van der Waals surface area contributed by atoms with E-state index >= 15 is 0 Å². The van der Waals surface area contributed by atoms with Crippen LogP contribution in [0.4, 0.5) is 17.3 Å². The summed E-state index contributed by atoms with van der Waals surface area (Å²) in [6.07, 6.45) is 3.59. The number of aliphatic hydroxyl groups excluding tert-OH is 1. The van der Waals surface area contributed by atoms with E-state index in [0.29, 0.717) is 37.0 Å². The summed E-state index contributed by atoms with van der Waals surface area (Å²) in [5.41, 5.74) is 11.0. The number of anilines is 3. The third kappa shape index (κ3) is 3.37. The Morgan fingerprint density at radius 2 is 1.97 bits per heavy atom. The van der Waals surface area contributed by atoms with Crippen LogP contribution in [0, 0.1) is 0 Å². The fraction of sp³-hybridized carbons (Fsp3) is 0.292. The second kappa shape index (κ2) is 7.89. The largest absolute Gasteiger partial charge is 0.399 e. The fourth-order valence-electron chi connectivity index (χ4n) is 4.38. The first kappa shape index (κ1) is 20.4. The highest BCUT2D eigenvalue weighted by Crippen LogP contribution is 2.47. The molecule has 32 heavy (non-hydrogen) atoms. The average Bonchev–Trinajstić information content (AvgIpc) is 3.14. The Kier molecular flexibility index (Phi) is 5.03. The van der Waals surface area contributed by atoms with Gasteiger partial charge in [-0.1, -0.05) is 18.2 Å². The Balaban J connectivity index is 1.49. The lowest BCUT2D eigenvalue weighted by Crippen LogP contribution is -2.49. The first-order valence-corrected chi connectivity index (χ1v) is 10.5. The summed E-state index contributed by atoms with van der Waals surface area (Å²) in [6.45, 7) is 2.17. The highest BCUT2D eigenvalue weighted by Gasteiger charge is 2.49. The molecule has 2 aromatic carbocycles. The van der Waals surface area contributed by atoms with Crippen molar-refractivity contribution in [1.82, 2.24) is 14.9 Å². The van der Waals surface area contributed by atoms with Crippen molar-refractivity contribution in [2.45, 2.75) is 5.41 Å². The molecule has 0 atom stereocenters. The van der Waals surface area contributed by atoms with Crippen LogP contribution in [0.15, 0.2) is 54.9 Å². The summed E-state index contributed by atoms with van der Waals surface area (Å²) in [6, 6.07) is 13.4. The fourth-order valence-corrected chi connectivity index (χ4v) is 4.38. The highest BCUT2D eigenvalue weighted by molar-refractivity contribution is 5.96. The third-order valence-electron chi connectivity index (χ3n) is 6.21. The lowest BCUT2D eigenvalue weighted by Gasteiger charge is -2.38. The van der Waals surface area contributed by atoms with Crippen LogP contribution >= 0.6 is 0 Å². The maximum Gasteiger partial charge on any atom is 0.253 e. The molecule has 2 aliphatic heterocycles. The molecule has 164 valence electrons. The Hall–Kier alpha value is -3.49. The third-order valence-corrected chi connectivity index (χ3v) is 6.21. The molecule has 3 heterocycles. The van der Waals surface area contributed by atoms with Crippen LogP contribution in [-0.4, -0.2) is 65.8 Å². The Morgan fingerprint density at radius 3 is 2.62 bits per heavy atom. The number of amides is 1. The minimum absolute atomic E-state index is 0.0764. The van der Waals surface area contributed by atoms with E-state index in [9.17, 15) is 4.79 Å². The van der Waals surface area contributed by atoms with E-state index in [-0.39, 0.29) is 24.5 Å². The van der Waals surface area contributed by atoms with Crippen LogP contribution in [0.1, 0.15) is 15.9 Å². The maximum atomic E-state index is 12.8. The van der Waals surface area contributed by atoms with E-state index in [0.717, 1.165) is 22.4 Å². The first-order chi connectivity index (χ1) is 15.5. The normalized spacial score (nSPS) is 16.0. The number of rotatable bonds is 5. The van der Waals surface area contributed by atoms with Gasteiger partial charge in [0.05, 0.1) is 25.2 Å². The van der Waals surface area contributed by atoms with Gasteiger partial charge in [-0.05, 0) is 35.4 Å². The van der Waals surface area contributed by atoms with Gasteiger partial charge in [-0.15, -0.1) is 0 Å². The molecule has 0 saturated carbocycles. The number of fused-ring (bicyclic) bond motifs is 2. The minimum atomic E-state index is -0.134. The lowest BCUT2D eigenvalue weighted by molar-refractivity contribution is -0.0507. The monoisotopic (exact) mass is 431 g/mol. The van der Waals surface area contributed by atoms with Crippen LogP contribution in [-0.2, 0) is 10.2 Å². The predicted molar refractivity (Wildman–Crippen MR) is 122 cm³/mol. The van der Waals surface area contributed by atoms with Crippen molar-refractivity contribution in [3.05, 3.63) is 66.0 Å². The van der Waals surface area contributed by atoms with Crippen LogP contribution < -0.4 is 10.6 Å². The van der Waals surface area contributed by atoms with Crippen molar-refractivity contribution in [1.29, 1.82) is 0 Å². The number of benzene rings is 2. The van der Waals surface area contributed by atoms with Gasteiger partial charge < -0.3 is 25.4 Å². The van der Waals surface area contributed by atoms with Crippen LogP contribution in [0.2, 0.25) is 0 Å². The average molecular weight is 431 g/mol.